The van der Waals surface area contributed by atoms with Crippen LogP contribution in [-0.2, 0) is 6.61 Å². The van der Waals surface area contributed by atoms with E-state index in [1.54, 1.807) is 11.3 Å². The molecule has 0 aliphatic rings. The minimum absolute atomic E-state index is 0.0798. The van der Waals surface area contributed by atoms with E-state index in [0.717, 1.165) is 25.1 Å². The fourth-order valence-electron chi connectivity index (χ4n) is 1.24. The summed E-state index contributed by atoms with van der Waals surface area (Å²) in [6, 6.07) is 5.86. The minimum atomic E-state index is 0.0798. The van der Waals surface area contributed by atoms with Crippen LogP contribution in [0.2, 0.25) is 0 Å². The predicted octanol–water partition coefficient (Wildman–Crippen LogP) is 2.74. The van der Waals surface area contributed by atoms with Gasteiger partial charge in [-0.05, 0) is 34.1 Å². The lowest BCUT2D eigenvalue weighted by molar-refractivity contribution is 0.285. The van der Waals surface area contributed by atoms with E-state index in [2.05, 4.69) is 15.9 Å². The third kappa shape index (κ3) is 1.45. The molecule has 2 rings (SSSR count). The van der Waals surface area contributed by atoms with Gasteiger partial charge in [-0.15, -0.1) is 11.3 Å². The first-order valence-corrected chi connectivity index (χ1v) is 5.40. The van der Waals surface area contributed by atoms with Crippen LogP contribution in [0.25, 0.3) is 10.1 Å². The van der Waals surface area contributed by atoms with Crippen LogP contribution >= 0.6 is 27.3 Å². The lowest BCUT2D eigenvalue weighted by atomic mass is 10.2. The first kappa shape index (κ1) is 8.99. The molecule has 1 heterocycles. The number of aliphatic hydroxyl groups is 1. The fraction of sp³-hybridized carbons (Fsp3) is 0.111. The van der Waals surface area contributed by atoms with Gasteiger partial charge in [-0.3, -0.25) is 0 Å². The zero-order valence-electron chi connectivity index (χ0n) is 6.75. The molecular formula is C9H8BrNOS. The van der Waals surface area contributed by atoms with Gasteiger partial charge in [-0.1, -0.05) is 0 Å². The number of fused-ring (bicyclic) bond motifs is 1. The molecule has 1 aromatic carbocycles. The highest BCUT2D eigenvalue weighted by atomic mass is 79.9. The van der Waals surface area contributed by atoms with Crippen LogP contribution in [0.3, 0.4) is 0 Å². The highest BCUT2D eigenvalue weighted by molar-refractivity contribution is 9.10. The molecule has 0 saturated heterocycles. The topological polar surface area (TPSA) is 46.2 Å². The Labute approximate surface area is 88.1 Å². The van der Waals surface area contributed by atoms with Crippen molar-refractivity contribution < 1.29 is 5.11 Å². The molecule has 0 aliphatic heterocycles. The van der Waals surface area contributed by atoms with Crippen LogP contribution in [0.1, 0.15) is 4.88 Å². The van der Waals surface area contributed by atoms with Gasteiger partial charge in [-0.2, -0.15) is 0 Å². The van der Waals surface area contributed by atoms with Crippen molar-refractivity contribution in [2.45, 2.75) is 6.61 Å². The Morgan fingerprint density at radius 1 is 1.46 bits per heavy atom. The lowest BCUT2D eigenvalue weighted by Crippen LogP contribution is -1.85. The molecule has 13 heavy (non-hydrogen) atoms. The highest BCUT2D eigenvalue weighted by Crippen LogP contribution is 2.34. The van der Waals surface area contributed by atoms with E-state index in [-0.39, 0.29) is 6.61 Å². The summed E-state index contributed by atoms with van der Waals surface area (Å²) in [5.74, 6) is 0. The van der Waals surface area contributed by atoms with Gasteiger partial charge in [0.2, 0.25) is 0 Å². The Bertz CT molecular complexity index is 452. The zero-order chi connectivity index (χ0) is 9.42. The van der Waals surface area contributed by atoms with Crippen LogP contribution in [-0.4, -0.2) is 5.11 Å². The lowest BCUT2D eigenvalue weighted by Gasteiger charge is -1.97. The number of hydrogen-bond donors (Lipinski definition) is 2. The van der Waals surface area contributed by atoms with E-state index in [9.17, 15) is 0 Å². The number of nitrogens with two attached hydrogens (primary N) is 1. The number of rotatable bonds is 1. The largest absolute Gasteiger partial charge is 0.397 e. The molecule has 0 spiro atoms. The number of nitrogen functional groups attached to an aromatic ring is 1. The van der Waals surface area contributed by atoms with Gasteiger partial charge in [0.25, 0.3) is 0 Å². The summed E-state index contributed by atoms with van der Waals surface area (Å²) in [6.07, 6.45) is 0. The van der Waals surface area contributed by atoms with Crippen LogP contribution < -0.4 is 5.73 Å². The molecule has 68 valence electrons. The molecule has 0 bridgehead atoms. The maximum absolute atomic E-state index is 8.96. The second-order valence-electron chi connectivity index (χ2n) is 2.74. The normalized spacial score (nSPS) is 10.9. The number of halogens is 1. The number of aliphatic hydroxyl groups excluding tert-OH is 1. The summed E-state index contributed by atoms with van der Waals surface area (Å²) in [5.41, 5.74) is 6.61. The predicted molar refractivity (Wildman–Crippen MR) is 59.9 cm³/mol. The van der Waals surface area contributed by atoms with Gasteiger partial charge in [0.15, 0.2) is 0 Å². The molecule has 0 aliphatic carbocycles. The molecule has 0 amide bonds. The molecule has 0 atom stereocenters. The van der Waals surface area contributed by atoms with E-state index in [1.165, 1.54) is 0 Å². The van der Waals surface area contributed by atoms with E-state index in [4.69, 9.17) is 10.8 Å². The van der Waals surface area contributed by atoms with Crippen LogP contribution in [0.4, 0.5) is 5.69 Å². The molecule has 0 radical (unpaired) electrons. The average Bonchev–Trinajstić information content (AvgIpc) is 2.55. The number of hydrogen-bond acceptors (Lipinski definition) is 3. The summed E-state index contributed by atoms with van der Waals surface area (Å²) in [5, 5.41) is 9.97. The molecular weight excluding hydrogens is 250 g/mol. The molecule has 0 unspecified atom stereocenters. The van der Waals surface area contributed by atoms with Gasteiger partial charge in [0.1, 0.15) is 0 Å². The molecule has 2 aromatic rings. The maximum Gasteiger partial charge on any atom is 0.0774 e. The Balaban J connectivity index is 2.76. The molecule has 1 aromatic heterocycles. The standard InChI is InChI=1S/C9H8BrNOS/c10-7-1-2-8-6(9(7)11)3-5(4-12)13-8/h1-3,12H,4,11H2. The summed E-state index contributed by atoms with van der Waals surface area (Å²) in [7, 11) is 0. The monoisotopic (exact) mass is 257 g/mol. The first-order chi connectivity index (χ1) is 6.22. The van der Waals surface area contributed by atoms with Crippen molar-refractivity contribution in [1.29, 1.82) is 0 Å². The summed E-state index contributed by atoms with van der Waals surface area (Å²) < 4.78 is 2.02. The van der Waals surface area contributed by atoms with Crippen molar-refractivity contribution >= 4 is 43.0 Å². The van der Waals surface area contributed by atoms with Crippen LogP contribution in [0, 0.1) is 0 Å². The second kappa shape index (κ2) is 3.29. The number of thiophene rings is 1. The van der Waals surface area contributed by atoms with Crippen molar-refractivity contribution in [3.05, 3.63) is 27.5 Å². The van der Waals surface area contributed by atoms with Crippen molar-refractivity contribution in [3.63, 3.8) is 0 Å². The Kier molecular flexibility index (Phi) is 2.27. The summed E-state index contributed by atoms with van der Waals surface area (Å²) in [6.45, 7) is 0.0798. The zero-order valence-corrected chi connectivity index (χ0v) is 9.15. The van der Waals surface area contributed by atoms with E-state index < -0.39 is 0 Å². The third-order valence-corrected chi connectivity index (χ3v) is 3.67. The van der Waals surface area contributed by atoms with Crippen LogP contribution in [0.5, 0.6) is 0 Å². The van der Waals surface area contributed by atoms with Gasteiger partial charge in [0, 0.05) is 19.4 Å². The number of benzene rings is 1. The van der Waals surface area contributed by atoms with Gasteiger partial charge >= 0.3 is 0 Å². The van der Waals surface area contributed by atoms with Crippen molar-refractivity contribution in [1.82, 2.24) is 0 Å². The maximum atomic E-state index is 8.96. The van der Waals surface area contributed by atoms with Crippen molar-refractivity contribution in [2.75, 3.05) is 5.73 Å². The first-order valence-electron chi connectivity index (χ1n) is 3.79. The minimum Gasteiger partial charge on any atom is -0.397 e. The number of anilines is 1. The summed E-state index contributed by atoms with van der Waals surface area (Å²) in [4.78, 5) is 0.944. The smallest absolute Gasteiger partial charge is 0.0774 e. The highest BCUT2D eigenvalue weighted by Gasteiger charge is 2.05. The quantitative estimate of drug-likeness (QED) is 0.772. The van der Waals surface area contributed by atoms with Gasteiger partial charge < -0.3 is 10.8 Å². The fourth-order valence-corrected chi connectivity index (χ4v) is 2.52. The third-order valence-electron chi connectivity index (χ3n) is 1.90. The van der Waals surface area contributed by atoms with Crippen LogP contribution in [0.15, 0.2) is 22.7 Å². The Morgan fingerprint density at radius 3 is 2.92 bits per heavy atom. The van der Waals surface area contributed by atoms with E-state index >= 15 is 0 Å². The van der Waals surface area contributed by atoms with Crippen molar-refractivity contribution in [3.8, 4) is 0 Å². The Hall–Kier alpha value is -0.580. The second-order valence-corrected chi connectivity index (χ2v) is 4.77. The average molecular weight is 258 g/mol. The molecule has 0 saturated carbocycles. The SMILES string of the molecule is Nc1c(Br)ccc2sc(CO)cc12. The Morgan fingerprint density at radius 2 is 2.23 bits per heavy atom. The van der Waals surface area contributed by atoms with E-state index in [0.29, 0.717) is 0 Å². The van der Waals surface area contributed by atoms with E-state index in [1.807, 2.05) is 18.2 Å². The molecule has 4 heteroatoms. The van der Waals surface area contributed by atoms with Gasteiger partial charge in [-0.25, -0.2) is 0 Å². The molecule has 3 N–H and O–H groups in total. The van der Waals surface area contributed by atoms with Crippen molar-refractivity contribution in [2.24, 2.45) is 0 Å². The molecule has 2 nitrogen and oxygen atoms in total. The summed E-state index contributed by atoms with van der Waals surface area (Å²) >= 11 is 4.93. The van der Waals surface area contributed by atoms with Gasteiger partial charge in [0.05, 0.1) is 12.3 Å². The molecule has 0 fully saturated rings.